The van der Waals surface area contributed by atoms with Gasteiger partial charge in [0.25, 0.3) is 0 Å². The van der Waals surface area contributed by atoms with Crippen LogP contribution in [0.25, 0.3) is 21.3 Å². The van der Waals surface area contributed by atoms with Gasteiger partial charge in [0, 0.05) is 28.6 Å². The highest BCUT2D eigenvalue weighted by molar-refractivity contribution is 7.19. The van der Waals surface area contributed by atoms with Crippen molar-refractivity contribution in [2.75, 3.05) is 18.0 Å². The van der Waals surface area contributed by atoms with Gasteiger partial charge in [-0.25, -0.2) is 4.98 Å². The molecule has 158 valence electrons. The van der Waals surface area contributed by atoms with Gasteiger partial charge in [0.05, 0.1) is 5.39 Å². The van der Waals surface area contributed by atoms with Gasteiger partial charge < -0.3 is 4.90 Å². The Kier molecular flexibility index (Phi) is 5.87. The first kappa shape index (κ1) is 20.7. The molecule has 0 spiro atoms. The molecule has 0 N–H and O–H groups in total. The number of thiophene rings is 1. The van der Waals surface area contributed by atoms with Crippen molar-refractivity contribution in [2.45, 2.75) is 26.2 Å². The van der Waals surface area contributed by atoms with Crippen molar-refractivity contribution in [3.63, 3.8) is 0 Å². The van der Waals surface area contributed by atoms with Crippen LogP contribution in [0.1, 0.15) is 23.3 Å². The number of hydrogen-bond donors (Lipinski definition) is 0. The standard InChI is InChI=1S/C25H23Cl2N3S/c1-16-21(19-7-9-20(26)10-8-19)22-23(28-25(27)29-24(22)31-16)30-13-11-18(12-14-30)15-17-5-3-2-4-6-17/h2-10,18H,11-15H2,1H3. The van der Waals surface area contributed by atoms with Crippen LogP contribution >= 0.6 is 34.5 Å². The second kappa shape index (κ2) is 8.78. The van der Waals surface area contributed by atoms with Crippen molar-refractivity contribution in [3.8, 4) is 11.1 Å². The average molecular weight is 468 g/mol. The van der Waals surface area contributed by atoms with Gasteiger partial charge in [-0.05, 0) is 67.0 Å². The minimum absolute atomic E-state index is 0.317. The summed E-state index contributed by atoms with van der Waals surface area (Å²) >= 11 is 14.2. The third-order valence-corrected chi connectivity index (χ3v) is 7.52. The van der Waals surface area contributed by atoms with Crippen LogP contribution in [0.5, 0.6) is 0 Å². The zero-order valence-corrected chi connectivity index (χ0v) is 19.6. The van der Waals surface area contributed by atoms with Gasteiger partial charge in [-0.2, -0.15) is 4.98 Å². The largest absolute Gasteiger partial charge is 0.356 e. The summed E-state index contributed by atoms with van der Waals surface area (Å²) in [5.74, 6) is 1.66. The molecule has 2 aromatic heterocycles. The summed E-state index contributed by atoms with van der Waals surface area (Å²) in [5, 5.41) is 2.16. The molecule has 1 fully saturated rings. The zero-order chi connectivity index (χ0) is 21.4. The molecular formula is C25H23Cl2N3S. The second-order valence-corrected chi connectivity index (χ2v) is 10.1. The third kappa shape index (κ3) is 4.30. The van der Waals surface area contributed by atoms with Crippen molar-refractivity contribution < 1.29 is 0 Å². The Hall–Kier alpha value is -2.14. The predicted molar refractivity (Wildman–Crippen MR) is 133 cm³/mol. The third-order valence-electron chi connectivity index (χ3n) is 6.10. The van der Waals surface area contributed by atoms with Crippen molar-refractivity contribution >= 4 is 50.6 Å². The number of aromatic nitrogens is 2. The Morgan fingerprint density at radius 3 is 2.39 bits per heavy atom. The van der Waals surface area contributed by atoms with Gasteiger partial charge in [0.1, 0.15) is 10.6 Å². The lowest BCUT2D eigenvalue weighted by molar-refractivity contribution is 0.403. The fraction of sp³-hybridized carbons (Fsp3) is 0.280. The van der Waals surface area contributed by atoms with E-state index in [1.165, 1.54) is 16.0 Å². The molecule has 0 radical (unpaired) electrons. The number of anilines is 1. The SMILES string of the molecule is Cc1sc2nc(Cl)nc(N3CCC(Cc4ccccc4)CC3)c2c1-c1ccc(Cl)cc1. The maximum Gasteiger partial charge on any atom is 0.225 e. The Labute approximate surface area is 196 Å². The maximum absolute atomic E-state index is 6.35. The van der Waals surface area contributed by atoms with Crippen molar-refractivity contribution in [3.05, 3.63) is 75.3 Å². The van der Waals surface area contributed by atoms with Crippen LogP contribution in [0.15, 0.2) is 54.6 Å². The predicted octanol–water partition coefficient (Wildman–Crippen LogP) is 7.43. The van der Waals surface area contributed by atoms with Crippen LogP contribution in [0.3, 0.4) is 0 Å². The lowest BCUT2D eigenvalue weighted by Gasteiger charge is -2.33. The van der Waals surface area contributed by atoms with E-state index in [0.29, 0.717) is 11.2 Å². The molecule has 0 saturated carbocycles. The minimum atomic E-state index is 0.317. The number of benzene rings is 2. The quantitative estimate of drug-likeness (QED) is 0.292. The Morgan fingerprint density at radius 2 is 1.68 bits per heavy atom. The van der Waals surface area contributed by atoms with Gasteiger partial charge in [0.15, 0.2) is 0 Å². The van der Waals surface area contributed by atoms with E-state index in [0.717, 1.165) is 59.0 Å². The molecule has 6 heteroatoms. The summed E-state index contributed by atoms with van der Waals surface area (Å²) < 4.78 is 0. The van der Waals surface area contributed by atoms with Gasteiger partial charge >= 0.3 is 0 Å². The molecular weight excluding hydrogens is 445 g/mol. The van der Waals surface area contributed by atoms with Gasteiger partial charge in [-0.1, -0.05) is 54.1 Å². The maximum atomic E-state index is 6.35. The van der Waals surface area contributed by atoms with Crippen LogP contribution in [0.4, 0.5) is 5.82 Å². The molecule has 2 aromatic carbocycles. The molecule has 3 nitrogen and oxygen atoms in total. The second-order valence-electron chi connectivity index (χ2n) is 8.16. The van der Waals surface area contributed by atoms with Gasteiger partial charge in [-0.3, -0.25) is 0 Å². The summed E-state index contributed by atoms with van der Waals surface area (Å²) in [5.41, 5.74) is 3.75. The fourth-order valence-corrected chi connectivity index (χ4v) is 5.94. The number of rotatable bonds is 4. The van der Waals surface area contributed by atoms with E-state index in [4.69, 9.17) is 28.2 Å². The molecule has 4 aromatic rings. The van der Waals surface area contributed by atoms with Crippen molar-refractivity contribution in [1.29, 1.82) is 0 Å². The molecule has 0 bridgehead atoms. The summed E-state index contributed by atoms with van der Waals surface area (Å²) in [7, 11) is 0. The summed E-state index contributed by atoms with van der Waals surface area (Å²) in [4.78, 5) is 13.8. The van der Waals surface area contributed by atoms with E-state index in [9.17, 15) is 0 Å². The molecule has 0 atom stereocenters. The number of nitrogens with zero attached hydrogens (tertiary/aromatic N) is 3. The van der Waals surface area contributed by atoms with E-state index in [2.05, 4.69) is 59.3 Å². The van der Waals surface area contributed by atoms with E-state index in [-0.39, 0.29) is 0 Å². The van der Waals surface area contributed by atoms with Crippen molar-refractivity contribution in [1.82, 2.24) is 9.97 Å². The summed E-state index contributed by atoms with van der Waals surface area (Å²) in [6.07, 6.45) is 3.44. The smallest absolute Gasteiger partial charge is 0.225 e. The summed E-state index contributed by atoms with van der Waals surface area (Å²) in [6.45, 7) is 4.10. The lowest BCUT2D eigenvalue weighted by Crippen LogP contribution is -2.35. The number of hydrogen-bond acceptors (Lipinski definition) is 4. The van der Waals surface area contributed by atoms with Crippen LogP contribution in [-0.2, 0) is 6.42 Å². The van der Waals surface area contributed by atoms with E-state index < -0.39 is 0 Å². The molecule has 3 heterocycles. The number of fused-ring (bicyclic) bond motifs is 1. The molecule has 0 unspecified atom stereocenters. The molecule has 1 aliphatic rings. The summed E-state index contributed by atoms with van der Waals surface area (Å²) in [6, 6.07) is 18.8. The molecule has 0 aliphatic carbocycles. The molecule has 31 heavy (non-hydrogen) atoms. The zero-order valence-electron chi connectivity index (χ0n) is 17.3. The van der Waals surface area contributed by atoms with Crippen LogP contribution in [0.2, 0.25) is 10.3 Å². The monoisotopic (exact) mass is 467 g/mol. The minimum Gasteiger partial charge on any atom is -0.356 e. The van der Waals surface area contributed by atoms with Gasteiger partial charge in [0.2, 0.25) is 5.28 Å². The van der Waals surface area contributed by atoms with E-state index in [1.54, 1.807) is 11.3 Å². The lowest BCUT2D eigenvalue weighted by atomic mass is 9.90. The molecule has 1 aliphatic heterocycles. The molecule has 5 rings (SSSR count). The number of piperidine rings is 1. The highest BCUT2D eigenvalue weighted by Gasteiger charge is 2.25. The van der Waals surface area contributed by atoms with Gasteiger partial charge in [-0.15, -0.1) is 11.3 Å². The van der Waals surface area contributed by atoms with Crippen molar-refractivity contribution in [2.24, 2.45) is 5.92 Å². The van der Waals surface area contributed by atoms with Crippen LogP contribution in [-0.4, -0.2) is 23.1 Å². The molecule has 0 amide bonds. The number of halogens is 2. The topological polar surface area (TPSA) is 29.0 Å². The van der Waals surface area contributed by atoms with E-state index >= 15 is 0 Å². The van der Waals surface area contributed by atoms with Crippen LogP contribution in [0, 0.1) is 12.8 Å². The Balaban J connectivity index is 1.47. The molecule has 1 saturated heterocycles. The number of aryl methyl sites for hydroxylation is 1. The fourth-order valence-electron chi connectivity index (χ4n) is 4.56. The highest BCUT2D eigenvalue weighted by Crippen LogP contribution is 2.43. The normalized spacial score (nSPS) is 15.0. The first-order valence-corrected chi connectivity index (χ1v) is 12.2. The van der Waals surface area contributed by atoms with E-state index in [1.807, 2.05) is 12.1 Å². The highest BCUT2D eigenvalue weighted by atomic mass is 35.5. The first-order chi connectivity index (χ1) is 15.1. The Morgan fingerprint density at radius 1 is 0.968 bits per heavy atom. The first-order valence-electron chi connectivity index (χ1n) is 10.6. The Bertz CT molecular complexity index is 1200. The average Bonchev–Trinajstić information content (AvgIpc) is 3.10. The van der Waals surface area contributed by atoms with Crippen LogP contribution < -0.4 is 4.90 Å².